The van der Waals surface area contributed by atoms with Gasteiger partial charge in [-0.05, 0) is 61.1 Å². The van der Waals surface area contributed by atoms with Crippen molar-refractivity contribution in [2.45, 2.75) is 153 Å². The summed E-state index contributed by atoms with van der Waals surface area (Å²) in [7, 11) is 0. The average Bonchev–Trinajstić information content (AvgIpc) is 2.76. The van der Waals surface area contributed by atoms with E-state index in [1.807, 2.05) is 0 Å². The summed E-state index contributed by atoms with van der Waals surface area (Å²) in [6.45, 7) is 10.4. The summed E-state index contributed by atoms with van der Waals surface area (Å²) in [5.41, 5.74) is 0. The van der Waals surface area contributed by atoms with Crippen molar-refractivity contribution in [1.82, 2.24) is 0 Å². The second-order valence-electron chi connectivity index (χ2n) is 9.97. The maximum Gasteiger partial charge on any atom is 0.141 e. The maximum atomic E-state index is 5.82. The predicted molar refractivity (Wildman–Crippen MR) is 151 cm³/mol. The van der Waals surface area contributed by atoms with Crippen LogP contribution in [-0.4, -0.2) is 28.2 Å². The Kier molecular flexibility index (Phi) is 28.4. The van der Waals surface area contributed by atoms with Crippen LogP contribution in [0.1, 0.15) is 149 Å². The molecule has 0 aromatic rings. The van der Waals surface area contributed by atoms with Gasteiger partial charge in [-0.3, -0.25) is 0 Å². The summed E-state index contributed by atoms with van der Waals surface area (Å²) in [6.07, 6.45) is 34.1. The topological polar surface area (TPSA) is 0 Å². The molecule has 3 heteroatoms. The lowest BCUT2D eigenvalue weighted by Gasteiger charge is -2.40. The molecule has 1 nitrogen and oxygen atoms in total. The van der Waals surface area contributed by atoms with E-state index in [1.165, 1.54) is 142 Å². The molecular formula is C29H57ClIN. The Balaban J connectivity index is 0. The molecule has 0 aliphatic heterocycles. The Hall–Kier alpha value is 0.540. The van der Waals surface area contributed by atoms with Crippen LogP contribution in [-0.2, 0) is 0 Å². The fourth-order valence-corrected chi connectivity index (χ4v) is 5.52. The van der Waals surface area contributed by atoms with E-state index in [0.29, 0.717) is 4.05 Å². The van der Waals surface area contributed by atoms with Gasteiger partial charge in [0.05, 0.1) is 13.1 Å². The lowest BCUT2D eigenvalue weighted by Crippen LogP contribution is -3.00. The molecule has 0 fully saturated rings. The second kappa shape index (κ2) is 26.2. The third-order valence-corrected chi connectivity index (χ3v) is 8.26. The number of quaternary nitrogens is 1. The van der Waals surface area contributed by atoms with Crippen LogP contribution >= 0.6 is 22.6 Å². The summed E-state index contributed by atoms with van der Waals surface area (Å²) in [4.78, 5) is 0. The first-order chi connectivity index (χ1) is 15.1. The van der Waals surface area contributed by atoms with E-state index >= 15 is 0 Å². The summed E-state index contributed by atoms with van der Waals surface area (Å²) in [5, 5.41) is 0. The van der Waals surface area contributed by atoms with Crippen molar-refractivity contribution in [3.63, 3.8) is 0 Å². The molecule has 0 amide bonds. The minimum Gasteiger partial charge on any atom is -1.00 e. The molecule has 0 aromatic carbocycles. The van der Waals surface area contributed by atoms with Gasteiger partial charge in [0.2, 0.25) is 0 Å². The highest BCUT2D eigenvalue weighted by atomic mass is 127. The van der Waals surface area contributed by atoms with Crippen molar-refractivity contribution < 1.29 is 16.9 Å². The molecule has 0 aromatic heterocycles. The first kappa shape index (κ1) is 34.7. The Morgan fingerprint density at radius 1 is 0.594 bits per heavy atom. The number of terminal acetylenes is 1. The molecule has 192 valence electrons. The summed E-state index contributed by atoms with van der Waals surface area (Å²) in [6, 6.07) is 0. The predicted octanol–water partition coefficient (Wildman–Crippen LogP) is 7.06. The lowest BCUT2D eigenvalue weighted by molar-refractivity contribution is -0.926. The van der Waals surface area contributed by atoms with Crippen molar-refractivity contribution in [1.29, 1.82) is 0 Å². The molecule has 0 aliphatic carbocycles. The smallest absolute Gasteiger partial charge is 0.141 e. The van der Waals surface area contributed by atoms with Crippen LogP contribution in [0.3, 0.4) is 0 Å². The third-order valence-electron chi connectivity index (χ3n) is 7.07. The molecule has 32 heavy (non-hydrogen) atoms. The zero-order valence-corrected chi connectivity index (χ0v) is 25.0. The Labute approximate surface area is 223 Å². The average molecular weight is 582 g/mol. The Morgan fingerprint density at radius 3 is 1.12 bits per heavy atom. The molecule has 0 saturated heterocycles. The second-order valence-corrected chi connectivity index (χ2v) is 11.8. The minimum absolute atomic E-state index is 0. The van der Waals surface area contributed by atoms with Crippen LogP contribution in [0.2, 0.25) is 0 Å². The van der Waals surface area contributed by atoms with E-state index in [4.69, 9.17) is 6.42 Å². The van der Waals surface area contributed by atoms with Crippen LogP contribution < -0.4 is 12.4 Å². The van der Waals surface area contributed by atoms with Crippen LogP contribution in [0.15, 0.2) is 0 Å². The first-order valence-electron chi connectivity index (χ1n) is 14.1. The quantitative estimate of drug-likeness (QED) is 0.0286. The van der Waals surface area contributed by atoms with E-state index in [2.05, 4.69) is 49.3 Å². The van der Waals surface area contributed by atoms with E-state index in [-0.39, 0.29) is 12.4 Å². The van der Waals surface area contributed by atoms with Gasteiger partial charge in [0.15, 0.2) is 0 Å². The van der Waals surface area contributed by atoms with Crippen LogP contribution in [0.25, 0.3) is 0 Å². The zero-order chi connectivity index (χ0) is 23.0. The van der Waals surface area contributed by atoms with Crippen LogP contribution in [0.5, 0.6) is 0 Å². The van der Waals surface area contributed by atoms with Crippen molar-refractivity contribution >= 4 is 22.6 Å². The number of nitrogens with zero attached hydrogens (tertiary/aromatic N) is 1. The van der Waals surface area contributed by atoms with Gasteiger partial charge in [0.1, 0.15) is 10.6 Å². The molecule has 0 bridgehead atoms. The largest absolute Gasteiger partial charge is 1.00 e. The highest BCUT2D eigenvalue weighted by Crippen LogP contribution is 2.23. The van der Waals surface area contributed by atoms with Gasteiger partial charge in [-0.2, -0.15) is 0 Å². The molecule has 0 N–H and O–H groups in total. The van der Waals surface area contributed by atoms with Crippen molar-refractivity contribution in [3.8, 4) is 12.3 Å². The molecule has 0 saturated carbocycles. The van der Waals surface area contributed by atoms with Crippen molar-refractivity contribution in [3.05, 3.63) is 0 Å². The first-order valence-corrected chi connectivity index (χ1v) is 15.3. The Morgan fingerprint density at radius 2 is 0.875 bits per heavy atom. The molecule has 0 rings (SSSR count). The molecule has 0 spiro atoms. The number of halogens is 2. The summed E-state index contributed by atoms with van der Waals surface area (Å²) < 4.78 is 1.76. The van der Waals surface area contributed by atoms with Crippen molar-refractivity contribution in [2.24, 2.45) is 0 Å². The van der Waals surface area contributed by atoms with E-state index in [0.717, 1.165) is 11.0 Å². The number of unbranched alkanes of at least 4 members (excludes halogenated alkanes) is 18. The number of hydrogen-bond donors (Lipinski definition) is 0. The lowest BCUT2D eigenvalue weighted by atomic mass is 10.1. The number of hydrogen-bond acceptors (Lipinski definition) is 0. The molecule has 0 radical (unpaired) electrons. The molecule has 1 atom stereocenters. The molecule has 1 unspecified atom stereocenters. The highest BCUT2D eigenvalue weighted by molar-refractivity contribution is 14.1. The third kappa shape index (κ3) is 20.0. The van der Waals surface area contributed by atoms with Gasteiger partial charge in [-0.15, -0.1) is 6.42 Å². The zero-order valence-electron chi connectivity index (χ0n) is 22.1. The SMILES string of the molecule is C#CC[N+](CCCCCCCCCCCC)(CCCCCCCCCCCC)C(C)I.[Cl-]. The fraction of sp³-hybridized carbons (Fsp3) is 0.931. The van der Waals surface area contributed by atoms with Gasteiger partial charge < -0.3 is 16.9 Å². The van der Waals surface area contributed by atoms with Gasteiger partial charge in [-0.1, -0.05) is 117 Å². The van der Waals surface area contributed by atoms with Gasteiger partial charge in [0.25, 0.3) is 0 Å². The minimum atomic E-state index is 0. The summed E-state index contributed by atoms with van der Waals surface area (Å²) in [5.74, 6) is 3.03. The van der Waals surface area contributed by atoms with Crippen LogP contribution in [0.4, 0.5) is 0 Å². The summed E-state index contributed by atoms with van der Waals surface area (Å²) >= 11 is 2.64. The maximum absolute atomic E-state index is 5.82. The highest BCUT2D eigenvalue weighted by Gasteiger charge is 2.30. The van der Waals surface area contributed by atoms with Crippen molar-refractivity contribution in [2.75, 3.05) is 19.6 Å². The monoisotopic (exact) mass is 581 g/mol. The normalized spacial score (nSPS) is 12.3. The molecule has 0 heterocycles. The molecular weight excluding hydrogens is 525 g/mol. The van der Waals surface area contributed by atoms with Gasteiger partial charge in [0, 0.05) is 0 Å². The van der Waals surface area contributed by atoms with Crippen LogP contribution in [0, 0.1) is 12.3 Å². The fourth-order valence-electron chi connectivity index (χ4n) is 4.76. The molecule has 0 aliphatic rings. The van der Waals surface area contributed by atoms with E-state index < -0.39 is 0 Å². The Bertz CT molecular complexity index is 380. The van der Waals surface area contributed by atoms with E-state index in [9.17, 15) is 0 Å². The van der Waals surface area contributed by atoms with Gasteiger partial charge in [-0.25, -0.2) is 0 Å². The standard InChI is InChI=1S/C29H57IN.ClH/c1-5-8-10-12-14-16-18-20-22-24-27-31(26-7-3,29(4)30)28-25-23-21-19-17-15-13-11-9-6-2;/h3,29H,5-6,8-28H2,1-2,4H3;1H/q+1;/p-1. The van der Waals surface area contributed by atoms with Gasteiger partial charge >= 0.3 is 0 Å². The van der Waals surface area contributed by atoms with E-state index in [1.54, 1.807) is 0 Å². The number of rotatable bonds is 24. The number of alkyl halides is 1.